The summed E-state index contributed by atoms with van der Waals surface area (Å²) in [6.45, 7) is 0. The van der Waals surface area contributed by atoms with Gasteiger partial charge in [0.05, 0.1) is 0 Å². The first-order valence-corrected chi connectivity index (χ1v) is 8.90. The van der Waals surface area contributed by atoms with Gasteiger partial charge in [-0.2, -0.15) is 0 Å². The summed E-state index contributed by atoms with van der Waals surface area (Å²) in [6, 6.07) is 21.9. The van der Waals surface area contributed by atoms with Gasteiger partial charge in [0.2, 0.25) is 0 Å². The summed E-state index contributed by atoms with van der Waals surface area (Å²) in [5.41, 5.74) is 2.83. The van der Waals surface area contributed by atoms with Gasteiger partial charge < -0.3 is 0 Å². The van der Waals surface area contributed by atoms with Gasteiger partial charge in [0.15, 0.2) is 0 Å². The van der Waals surface area contributed by atoms with Crippen LogP contribution in [-0.4, -0.2) is 14.9 Å². The molecule has 0 saturated heterocycles. The minimum atomic E-state index is 0.236. The van der Waals surface area contributed by atoms with Crippen LogP contribution in [0.4, 0.5) is 0 Å². The summed E-state index contributed by atoms with van der Waals surface area (Å²) in [6.07, 6.45) is 2.01. The molecule has 0 unspecified atom stereocenters. The summed E-state index contributed by atoms with van der Waals surface area (Å²) >= 11 is 1.01. The number of phenols is 1. The van der Waals surface area contributed by atoms with Crippen molar-refractivity contribution in [3.8, 4) is 22.7 Å². The number of para-hydroxylation sites is 2. The maximum absolute atomic E-state index is 10.1. The van der Waals surface area contributed by atoms with Gasteiger partial charge in [-0.25, -0.2) is 0 Å². The number of hydrogen-bond donors (Lipinski definition) is 1. The van der Waals surface area contributed by atoms with Gasteiger partial charge in [-0.3, -0.25) is 0 Å². The molecule has 3 aromatic carbocycles. The van der Waals surface area contributed by atoms with Crippen LogP contribution in [0.1, 0.15) is 0 Å². The zero-order valence-corrected chi connectivity index (χ0v) is 15.4. The molecule has 1 heterocycles. The molecule has 0 atom stereocenters. The molecular formula is C19H13N2OZn. The van der Waals surface area contributed by atoms with Crippen molar-refractivity contribution in [2.45, 2.75) is 0 Å². The van der Waals surface area contributed by atoms with Crippen LogP contribution in [-0.2, 0) is 18.3 Å². The number of fused-ring (bicyclic) bond motifs is 1. The van der Waals surface area contributed by atoms with E-state index in [9.17, 15) is 5.11 Å². The Bertz CT molecular complexity index is 1000. The van der Waals surface area contributed by atoms with Gasteiger partial charge in [0, 0.05) is 0 Å². The summed E-state index contributed by atoms with van der Waals surface area (Å²) < 4.78 is 2.97. The Kier molecular flexibility index (Phi) is 3.47. The number of hydrogen-bond acceptors (Lipinski definition) is 2. The quantitative estimate of drug-likeness (QED) is 0.561. The molecule has 0 aliphatic rings. The van der Waals surface area contributed by atoms with Gasteiger partial charge in [0.25, 0.3) is 0 Å². The number of nitrogens with zero attached hydrogens (tertiary/aromatic N) is 2. The topological polar surface area (TPSA) is 38.0 Å². The molecule has 4 rings (SSSR count). The Morgan fingerprint density at radius 2 is 1.61 bits per heavy atom. The maximum atomic E-state index is 10.1. The zero-order chi connectivity index (χ0) is 15.8. The van der Waals surface area contributed by atoms with Crippen LogP contribution in [0.5, 0.6) is 5.75 Å². The molecule has 4 heteroatoms. The van der Waals surface area contributed by atoms with Crippen LogP contribution in [0, 0.1) is 0 Å². The van der Waals surface area contributed by atoms with E-state index in [1.807, 2.05) is 30.5 Å². The van der Waals surface area contributed by atoms with Crippen LogP contribution >= 0.6 is 0 Å². The van der Waals surface area contributed by atoms with Gasteiger partial charge in [0.1, 0.15) is 0 Å². The molecular weight excluding hydrogens is 338 g/mol. The van der Waals surface area contributed by atoms with Crippen LogP contribution < -0.4 is 4.16 Å². The van der Waals surface area contributed by atoms with Crippen molar-refractivity contribution in [2.24, 2.45) is 0 Å². The Balaban J connectivity index is 1.92. The first kappa shape index (κ1) is 14.2. The van der Waals surface area contributed by atoms with Crippen molar-refractivity contribution in [1.82, 2.24) is 9.78 Å². The molecule has 0 fully saturated rings. The summed E-state index contributed by atoms with van der Waals surface area (Å²) in [5, 5.41) is 17.2. The molecule has 0 spiro atoms. The molecule has 0 radical (unpaired) electrons. The monoisotopic (exact) mass is 349 g/mol. The van der Waals surface area contributed by atoms with E-state index in [1.54, 1.807) is 10.7 Å². The predicted molar refractivity (Wildman–Crippen MR) is 87.8 cm³/mol. The van der Waals surface area contributed by atoms with Gasteiger partial charge in [-0.15, -0.1) is 0 Å². The normalized spacial score (nSPS) is 11.0. The van der Waals surface area contributed by atoms with Crippen molar-refractivity contribution >= 4 is 14.9 Å². The van der Waals surface area contributed by atoms with Crippen LogP contribution in [0.15, 0.2) is 72.9 Å². The van der Waals surface area contributed by atoms with E-state index < -0.39 is 0 Å². The molecule has 0 bridgehead atoms. The summed E-state index contributed by atoms with van der Waals surface area (Å²) in [4.78, 5) is 0. The zero-order valence-electron chi connectivity index (χ0n) is 12.5. The molecule has 0 aliphatic heterocycles. The first-order valence-electron chi connectivity index (χ1n) is 7.42. The van der Waals surface area contributed by atoms with Crippen LogP contribution in [0.2, 0.25) is 0 Å². The molecule has 0 saturated carbocycles. The SMILES string of the molecule is Oc1ccccc1-n1c[c]([Zn])c(-c2cccc3ccccc23)n1. The van der Waals surface area contributed by atoms with Crippen molar-refractivity contribution in [3.05, 3.63) is 72.9 Å². The third-order valence-electron chi connectivity index (χ3n) is 3.96. The Morgan fingerprint density at radius 3 is 2.48 bits per heavy atom. The molecule has 0 amide bonds. The second-order valence-corrected chi connectivity index (χ2v) is 7.06. The first-order chi connectivity index (χ1) is 11.2. The van der Waals surface area contributed by atoms with Gasteiger partial charge >= 0.3 is 144 Å². The standard InChI is InChI=1S/C19H13N2O.Zn/c22-19-11-4-3-10-18(19)21-13-12-17(20-21)16-9-5-7-14-6-1-2-8-15(14)16;/h1-11,13,22H;. The van der Waals surface area contributed by atoms with Gasteiger partial charge in [-0.05, 0) is 0 Å². The number of aromatic hydroxyl groups is 1. The summed E-state index contributed by atoms with van der Waals surface area (Å²) in [5.74, 6) is 0.236. The molecule has 0 aliphatic carbocycles. The van der Waals surface area contributed by atoms with E-state index in [-0.39, 0.29) is 5.75 Å². The molecule has 1 N–H and O–H groups in total. The molecule has 23 heavy (non-hydrogen) atoms. The average molecular weight is 351 g/mol. The van der Waals surface area contributed by atoms with E-state index in [1.165, 1.54) is 14.9 Å². The number of rotatable bonds is 2. The molecule has 3 nitrogen and oxygen atoms in total. The van der Waals surface area contributed by atoms with E-state index >= 15 is 0 Å². The molecule has 107 valence electrons. The number of benzene rings is 3. The van der Waals surface area contributed by atoms with Gasteiger partial charge in [-0.1, -0.05) is 0 Å². The van der Waals surface area contributed by atoms with E-state index in [2.05, 4.69) is 36.4 Å². The second-order valence-electron chi connectivity index (χ2n) is 5.46. The fourth-order valence-corrected chi connectivity index (χ4v) is 3.76. The number of aromatic nitrogens is 2. The second kappa shape index (κ2) is 5.64. The number of phenolic OH excluding ortho intramolecular Hbond substituents is 1. The van der Waals surface area contributed by atoms with Crippen molar-refractivity contribution in [3.63, 3.8) is 0 Å². The third-order valence-corrected chi connectivity index (χ3v) is 5.05. The Hall–Kier alpha value is -2.45. The van der Waals surface area contributed by atoms with E-state index in [4.69, 9.17) is 5.10 Å². The molecule has 4 aromatic rings. The van der Waals surface area contributed by atoms with Crippen LogP contribution in [0.25, 0.3) is 27.7 Å². The fraction of sp³-hybridized carbons (Fsp3) is 0. The van der Waals surface area contributed by atoms with Crippen LogP contribution in [0.3, 0.4) is 0 Å². The van der Waals surface area contributed by atoms with Crippen molar-refractivity contribution in [2.75, 3.05) is 0 Å². The predicted octanol–water partition coefficient (Wildman–Crippen LogP) is 3.57. The Morgan fingerprint density at radius 1 is 0.870 bits per heavy atom. The fourth-order valence-electron chi connectivity index (χ4n) is 2.85. The Labute approximate surface area is 143 Å². The minimum absolute atomic E-state index is 0.236. The van der Waals surface area contributed by atoms with Crippen molar-refractivity contribution < 1.29 is 23.4 Å². The van der Waals surface area contributed by atoms with E-state index in [0.717, 1.165) is 29.6 Å². The average Bonchev–Trinajstić information content (AvgIpc) is 2.96. The van der Waals surface area contributed by atoms with E-state index in [0.29, 0.717) is 5.69 Å². The molecule has 1 aromatic heterocycles. The van der Waals surface area contributed by atoms with Crippen molar-refractivity contribution in [1.29, 1.82) is 0 Å². The third kappa shape index (κ3) is 2.45. The summed E-state index contributed by atoms with van der Waals surface area (Å²) in [7, 11) is 0.